The molecule has 128 valence electrons. The Morgan fingerprint density at radius 1 is 1.04 bits per heavy atom. The van der Waals surface area contributed by atoms with Crippen molar-refractivity contribution in [1.29, 1.82) is 0 Å². The van der Waals surface area contributed by atoms with Gasteiger partial charge in [0.15, 0.2) is 5.92 Å². The molecule has 0 saturated carbocycles. The molecule has 0 aliphatic carbocycles. The van der Waals surface area contributed by atoms with E-state index >= 15 is 0 Å². The monoisotopic (exact) mass is 348 g/mol. The number of benzene rings is 1. The van der Waals surface area contributed by atoms with Gasteiger partial charge in [0.1, 0.15) is 5.75 Å². The zero-order valence-electron chi connectivity index (χ0n) is 13.9. The number of aryl methyl sites for hydroxylation is 1. The maximum atomic E-state index is 12.1. The summed E-state index contributed by atoms with van der Waals surface area (Å²) < 4.78 is 15.0. The maximum Gasteiger partial charge on any atom is 0.324 e. The Balaban J connectivity index is 2.43. The van der Waals surface area contributed by atoms with Crippen molar-refractivity contribution in [3.05, 3.63) is 51.7 Å². The van der Waals surface area contributed by atoms with Gasteiger partial charge in [-0.25, -0.2) is 0 Å². The van der Waals surface area contributed by atoms with Crippen molar-refractivity contribution < 1.29 is 23.8 Å². The Hall–Kier alpha value is -2.34. The number of hydrogen-bond donors (Lipinski definition) is 0. The molecule has 0 aliphatic heterocycles. The first kappa shape index (κ1) is 18.0. The highest BCUT2D eigenvalue weighted by molar-refractivity contribution is 7.07. The summed E-state index contributed by atoms with van der Waals surface area (Å²) in [5.41, 5.74) is 2.57. The van der Waals surface area contributed by atoms with E-state index in [1.807, 2.05) is 11.4 Å². The second kappa shape index (κ2) is 8.49. The van der Waals surface area contributed by atoms with E-state index in [-0.39, 0.29) is 0 Å². The molecule has 0 unspecified atom stereocenters. The molecule has 0 aliphatic rings. The summed E-state index contributed by atoms with van der Waals surface area (Å²) in [6.07, 6.45) is 1.42. The summed E-state index contributed by atoms with van der Waals surface area (Å²) in [5.74, 6) is -1.77. The Morgan fingerprint density at radius 2 is 1.75 bits per heavy atom. The van der Waals surface area contributed by atoms with Gasteiger partial charge < -0.3 is 14.2 Å². The third-order valence-electron chi connectivity index (χ3n) is 3.82. The van der Waals surface area contributed by atoms with E-state index in [0.717, 1.165) is 12.0 Å². The number of carbonyl (C=O) groups is 2. The summed E-state index contributed by atoms with van der Waals surface area (Å²) in [5, 5.41) is 4.09. The van der Waals surface area contributed by atoms with Crippen molar-refractivity contribution in [2.45, 2.75) is 18.8 Å². The quantitative estimate of drug-likeness (QED) is 0.569. The van der Waals surface area contributed by atoms with Crippen LogP contribution in [0.4, 0.5) is 0 Å². The van der Waals surface area contributed by atoms with E-state index in [1.165, 1.54) is 19.8 Å². The Bertz CT molecular complexity index is 677. The van der Waals surface area contributed by atoms with Crippen LogP contribution in [0.1, 0.15) is 22.6 Å². The lowest BCUT2D eigenvalue weighted by atomic mass is 9.90. The summed E-state index contributed by atoms with van der Waals surface area (Å²) in [7, 11) is 4.07. The van der Waals surface area contributed by atoms with Gasteiger partial charge >= 0.3 is 11.9 Å². The van der Waals surface area contributed by atoms with Gasteiger partial charge in [-0.3, -0.25) is 9.59 Å². The fourth-order valence-electron chi connectivity index (χ4n) is 2.60. The van der Waals surface area contributed by atoms with Crippen molar-refractivity contribution in [3.63, 3.8) is 0 Å². The molecule has 1 aromatic heterocycles. The minimum absolute atomic E-state index is 0.559. The van der Waals surface area contributed by atoms with Crippen LogP contribution in [0, 0.1) is 0 Å². The molecule has 0 fully saturated rings. The van der Waals surface area contributed by atoms with Gasteiger partial charge in [0.05, 0.1) is 21.3 Å². The number of rotatable bonds is 7. The summed E-state index contributed by atoms with van der Waals surface area (Å²) in [6, 6.07) is 7.36. The lowest BCUT2D eigenvalue weighted by Gasteiger charge is -2.19. The van der Waals surface area contributed by atoms with Crippen molar-refractivity contribution in [3.8, 4) is 5.75 Å². The minimum atomic E-state index is -1.12. The standard InChI is InChI=1S/C18H20O5S/c1-21-15-6-4-5-14(16(17(19)22-2)18(20)23-3)13(15)8-7-12-9-10-24-11-12/h4-6,9-11,16H,7-8H2,1-3H3. The summed E-state index contributed by atoms with van der Waals surface area (Å²) in [6.45, 7) is 0. The van der Waals surface area contributed by atoms with Gasteiger partial charge in [0.2, 0.25) is 0 Å². The second-order valence-electron chi connectivity index (χ2n) is 5.14. The smallest absolute Gasteiger partial charge is 0.324 e. The molecule has 0 N–H and O–H groups in total. The van der Waals surface area contributed by atoms with Crippen LogP contribution < -0.4 is 4.74 Å². The third-order valence-corrected chi connectivity index (χ3v) is 4.55. The largest absolute Gasteiger partial charge is 0.496 e. The lowest BCUT2D eigenvalue weighted by molar-refractivity contribution is -0.154. The topological polar surface area (TPSA) is 61.8 Å². The van der Waals surface area contributed by atoms with Gasteiger partial charge in [-0.2, -0.15) is 11.3 Å². The predicted molar refractivity (Wildman–Crippen MR) is 91.5 cm³/mol. The molecule has 0 spiro atoms. The average molecular weight is 348 g/mol. The number of hydrogen-bond acceptors (Lipinski definition) is 6. The number of thiophene rings is 1. The Labute approximate surface area is 145 Å². The van der Waals surface area contributed by atoms with E-state index in [2.05, 4.69) is 11.4 Å². The van der Waals surface area contributed by atoms with Crippen molar-refractivity contribution in [2.75, 3.05) is 21.3 Å². The summed E-state index contributed by atoms with van der Waals surface area (Å²) >= 11 is 1.63. The third kappa shape index (κ3) is 3.94. The highest BCUT2D eigenvalue weighted by Crippen LogP contribution is 2.31. The van der Waals surface area contributed by atoms with Gasteiger partial charge in [0, 0.05) is 0 Å². The van der Waals surface area contributed by atoms with Gasteiger partial charge in [-0.05, 0) is 52.4 Å². The van der Waals surface area contributed by atoms with Gasteiger partial charge in [-0.15, -0.1) is 0 Å². The zero-order valence-corrected chi connectivity index (χ0v) is 14.7. The van der Waals surface area contributed by atoms with E-state index in [4.69, 9.17) is 14.2 Å². The van der Waals surface area contributed by atoms with Gasteiger partial charge in [-0.1, -0.05) is 12.1 Å². The first-order chi connectivity index (χ1) is 11.6. The maximum absolute atomic E-state index is 12.1. The Kier molecular flexibility index (Phi) is 6.37. The van der Waals surface area contributed by atoms with E-state index in [0.29, 0.717) is 17.7 Å². The van der Waals surface area contributed by atoms with Crippen LogP contribution in [-0.4, -0.2) is 33.3 Å². The molecule has 6 heteroatoms. The van der Waals surface area contributed by atoms with Crippen LogP contribution >= 0.6 is 11.3 Å². The zero-order chi connectivity index (χ0) is 17.5. The minimum Gasteiger partial charge on any atom is -0.496 e. The number of carbonyl (C=O) groups excluding carboxylic acids is 2. The summed E-state index contributed by atoms with van der Waals surface area (Å²) in [4.78, 5) is 24.3. The van der Waals surface area contributed by atoms with E-state index in [1.54, 1.807) is 30.6 Å². The van der Waals surface area contributed by atoms with Crippen LogP contribution in [-0.2, 0) is 31.9 Å². The van der Waals surface area contributed by atoms with E-state index in [9.17, 15) is 9.59 Å². The number of ether oxygens (including phenoxy) is 3. The SMILES string of the molecule is COC(=O)C(C(=O)OC)c1cccc(OC)c1CCc1ccsc1. The van der Waals surface area contributed by atoms with Crippen LogP contribution in [0.25, 0.3) is 0 Å². The van der Waals surface area contributed by atoms with Crippen LogP contribution in [0.5, 0.6) is 5.75 Å². The molecule has 24 heavy (non-hydrogen) atoms. The van der Waals surface area contributed by atoms with Crippen LogP contribution in [0.2, 0.25) is 0 Å². The number of methoxy groups -OCH3 is 3. The fourth-order valence-corrected chi connectivity index (χ4v) is 3.31. The van der Waals surface area contributed by atoms with Gasteiger partial charge in [0.25, 0.3) is 0 Å². The predicted octanol–water partition coefficient (Wildman–Crippen LogP) is 2.97. The lowest BCUT2D eigenvalue weighted by Crippen LogP contribution is -2.25. The molecule has 1 aromatic carbocycles. The number of esters is 2. The highest BCUT2D eigenvalue weighted by atomic mass is 32.1. The van der Waals surface area contributed by atoms with E-state index < -0.39 is 17.9 Å². The second-order valence-corrected chi connectivity index (χ2v) is 5.92. The van der Waals surface area contributed by atoms with Crippen LogP contribution in [0.15, 0.2) is 35.0 Å². The van der Waals surface area contributed by atoms with Crippen LogP contribution in [0.3, 0.4) is 0 Å². The molecule has 1 heterocycles. The fraction of sp³-hybridized carbons (Fsp3) is 0.333. The van der Waals surface area contributed by atoms with Crippen molar-refractivity contribution in [1.82, 2.24) is 0 Å². The Morgan fingerprint density at radius 3 is 2.29 bits per heavy atom. The first-order valence-corrected chi connectivity index (χ1v) is 8.39. The molecule has 0 atom stereocenters. The molecular weight excluding hydrogens is 328 g/mol. The molecular formula is C18H20O5S. The molecule has 0 amide bonds. The molecule has 0 radical (unpaired) electrons. The van der Waals surface area contributed by atoms with Crippen molar-refractivity contribution >= 4 is 23.3 Å². The molecule has 0 bridgehead atoms. The molecule has 2 aromatic rings. The van der Waals surface area contributed by atoms with Crippen molar-refractivity contribution in [2.24, 2.45) is 0 Å². The molecule has 0 saturated heterocycles. The molecule has 5 nitrogen and oxygen atoms in total. The molecule has 2 rings (SSSR count). The normalized spacial score (nSPS) is 10.5. The first-order valence-electron chi connectivity index (χ1n) is 7.44. The highest BCUT2D eigenvalue weighted by Gasteiger charge is 2.33. The average Bonchev–Trinajstić information content (AvgIpc) is 3.13.